The first-order valence-electron chi connectivity index (χ1n) is 6.02. The molecule has 0 fully saturated rings. The van der Waals surface area contributed by atoms with Gasteiger partial charge in [-0.2, -0.15) is 0 Å². The molecule has 0 unspecified atom stereocenters. The van der Waals surface area contributed by atoms with E-state index in [1.54, 1.807) is 0 Å². The van der Waals surface area contributed by atoms with Gasteiger partial charge in [-0.05, 0) is 12.1 Å². The second kappa shape index (κ2) is 5.78. The van der Waals surface area contributed by atoms with Crippen LogP contribution in [0.15, 0.2) is 18.2 Å². The number of Topliss-reactive ketones (excluding diaryl/α,β-unsaturated/α-hetero) is 1. The van der Waals surface area contributed by atoms with Crippen molar-refractivity contribution in [3.05, 3.63) is 47.0 Å². The summed E-state index contributed by atoms with van der Waals surface area (Å²) >= 11 is 0. The molecule has 1 heterocycles. The Kier molecular flexibility index (Phi) is 4.06. The molecule has 1 aromatic carbocycles. The number of carbonyl (C=O) groups is 2. The van der Waals surface area contributed by atoms with Crippen LogP contribution < -0.4 is 5.73 Å². The Hall–Kier alpha value is -2.64. The molecule has 6 nitrogen and oxygen atoms in total. The van der Waals surface area contributed by atoms with E-state index in [0.717, 1.165) is 12.1 Å². The van der Waals surface area contributed by atoms with E-state index in [4.69, 9.17) is 5.73 Å². The molecule has 21 heavy (non-hydrogen) atoms. The van der Waals surface area contributed by atoms with E-state index >= 15 is 0 Å². The van der Waals surface area contributed by atoms with Crippen LogP contribution in [0.4, 0.5) is 8.78 Å². The Morgan fingerprint density at radius 1 is 1.19 bits per heavy atom. The number of rotatable bonds is 5. The van der Waals surface area contributed by atoms with E-state index < -0.39 is 23.3 Å². The number of ketones is 1. The second-order valence-corrected chi connectivity index (χ2v) is 4.43. The van der Waals surface area contributed by atoms with Gasteiger partial charge in [-0.15, -0.1) is 10.2 Å². The van der Waals surface area contributed by atoms with E-state index in [1.807, 2.05) is 0 Å². The molecule has 0 saturated carbocycles. The predicted molar refractivity (Wildman–Crippen MR) is 68.1 cm³/mol. The summed E-state index contributed by atoms with van der Waals surface area (Å²) in [5.74, 6) is -2.79. The number of hydrogen-bond donors (Lipinski definition) is 1. The number of nitrogens with two attached hydrogens (primary N) is 1. The van der Waals surface area contributed by atoms with Crippen LogP contribution in [0.3, 0.4) is 0 Å². The maximum absolute atomic E-state index is 13.6. The Labute approximate surface area is 118 Å². The van der Waals surface area contributed by atoms with Crippen molar-refractivity contribution in [1.29, 1.82) is 0 Å². The zero-order valence-corrected chi connectivity index (χ0v) is 11.1. The minimum Gasteiger partial charge on any atom is -0.363 e. The summed E-state index contributed by atoms with van der Waals surface area (Å²) in [7, 11) is 1.54. The fraction of sp³-hybridized carbons (Fsp3) is 0.231. The van der Waals surface area contributed by atoms with Gasteiger partial charge < -0.3 is 10.3 Å². The smallest absolute Gasteiger partial charge is 0.285 e. The van der Waals surface area contributed by atoms with Crippen molar-refractivity contribution >= 4 is 11.7 Å². The van der Waals surface area contributed by atoms with Crippen LogP contribution in [0, 0.1) is 11.6 Å². The molecule has 2 N–H and O–H groups in total. The number of carbonyl (C=O) groups excluding carboxylic acids is 2. The lowest BCUT2D eigenvalue weighted by Crippen LogP contribution is -2.25. The second-order valence-electron chi connectivity index (χ2n) is 4.43. The Balaban J connectivity index is 2.25. The molecule has 110 valence electrons. The van der Waals surface area contributed by atoms with Crippen molar-refractivity contribution in [2.75, 3.05) is 0 Å². The van der Waals surface area contributed by atoms with Gasteiger partial charge in [0.05, 0.1) is 6.42 Å². The summed E-state index contributed by atoms with van der Waals surface area (Å²) in [4.78, 5) is 22.0. The van der Waals surface area contributed by atoms with Crippen LogP contribution in [-0.4, -0.2) is 26.5 Å². The average molecular weight is 294 g/mol. The Morgan fingerprint density at radius 2 is 1.76 bits per heavy atom. The lowest BCUT2D eigenvalue weighted by atomic mass is 10.1. The number of benzene rings is 1. The number of aromatic nitrogens is 3. The molecule has 0 atom stereocenters. The third-order valence-electron chi connectivity index (χ3n) is 3.05. The van der Waals surface area contributed by atoms with Crippen molar-refractivity contribution in [3.8, 4) is 0 Å². The van der Waals surface area contributed by atoms with E-state index in [1.165, 1.54) is 17.7 Å². The molecule has 0 bridgehead atoms. The lowest BCUT2D eigenvalue weighted by Gasteiger charge is -2.05. The van der Waals surface area contributed by atoms with Crippen molar-refractivity contribution in [3.63, 3.8) is 0 Å². The van der Waals surface area contributed by atoms with Crippen molar-refractivity contribution < 1.29 is 18.4 Å². The van der Waals surface area contributed by atoms with E-state index in [0.29, 0.717) is 0 Å². The average Bonchev–Trinajstić information content (AvgIpc) is 2.75. The largest absolute Gasteiger partial charge is 0.363 e. The van der Waals surface area contributed by atoms with Gasteiger partial charge in [-0.3, -0.25) is 9.59 Å². The van der Waals surface area contributed by atoms with Crippen LogP contribution in [0.1, 0.15) is 17.2 Å². The van der Waals surface area contributed by atoms with Crippen LogP contribution in [0.5, 0.6) is 0 Å². The van der Waals surface area contributed by atoms with Gasteiger partial charge in [0.2, 0.25) is 5.78 Å². The van der Waals surface area contributed by atoms with Crippen molar-refractivity contribution in [2.24, 2.45) is 12.8 Å². The number of amides is 1. The zero-order chi connectivity index (χ0) is 15.6. The summed E-state index contributed by atoms with van der Waals surface area (Å²) in [6, 6.07) is 3.56. The molecule has 0 saturated heterocycles. The summed E-state index contributed by atoms with van der Waals surface area (Å²) in [5, 5.41) is 7.51. The minimum atomic E-state index is -1.07. The molecule has 2 rings (SSSR count). The first kappa shape index (κ1) is 14.8. The first-order chi connectivity index (χ1) is 9.90. The number of nitrogens with zero attached hydrogens (tertiary/aromatic N) is 3. The highest BCUT2D eigenvalue weighted by atomic mass is 19.1. The molecular weight excluding hydrogens is 282 g/mol. The summed E-state index contributed by atoms with van der Waals surface area (Å²) in [6.07, 6.45) is -0.425. The maximum Gasteiger partial charge on any atom is 0.285 e. The molecule has 0 aliphatic rings. The van der Waals surface area contributed by atoms with E-state index in [9.17, 15) is 18.4 Å². The van der Waals surface area contributed by atoms with Crippen molar-refractivity contribution in [2.45, 2.75) is 12.8 Å². The summed E-state index contributed by atoms with van der Waals surface area (Å²) in [5.41, 5.74) is 4.72. The lowest BCUT2D eigenvalue weighted by molar-refractivity contribution is -0.135. The van der Waals surface area contributed by atoms with Gasteiger partial charge in [-0.1, -0.05) is 6.07 Å². The van der Waals surface area contributed by atoms with Gasteiger partial charge in [0.25, 0.3) is 5.91 Å². The van der Waals surface area contributed by atoms with E-state index in [-0.39, 0.29) is 30.1 Å². The third-order valence-corrected chi connectivity index (χ3v) is 3.05. The fourth-order valence-corrected chi connectivity index (χ4v) is 1.80. The van der Waals surface area contributed by atoms with Gasteiger partial charge in [0.15, 0.2) is 0 Å². The standard InChI is InChI=1S/C13H12F2N4O2/c1-19-11(5-7-8(14)3-2-4-9(7)15)17-18-12(19)6-10(20)13(16)21/h2-4H,5-6H2,1H3,(H2,16,21). The Morgan fingerprint density at radius 3 is 2.33 bits per heavy atom. The highest BCUT2D eigenvalue weighted by molar-refractivity contribution is 6.35. The SMILES string of the molecule is Cn1c(CC(=O)C(N)=O)nnc1Cc1c(F)cccc1F. The van der Waals surface area contributed by atoms with Gasteiger partial charge in [0, 0.05) is 19.0 Å². The predicted octanol–water partition coefficient (Wildman–Crippen LogP) is 0.281. The van der Waals surface area contributed by atoms with Crippen LogP contribution in [-0.2, 0) is 29.5 Å². The molecule has 0 aliphatic heterocycles. The molecule has 0 aliphatic carbocycles. The Bertz CT molecular complexity index is 692. The molecule has 0 radical (unpaired) electrons. The number of hydrogen-bond acceptors (Lipinski definition) is 4. The van der Waals surface area contributed by atoms with Crippen LogP contribution in [0.25, 0.3) is 0 Å². The summed E-state index contributed by atoms with van der Waals surface area (Å²) in [6.45, 7) is 0. The highest BCUT2D eigenvalue weighted by Crippen LogP contribution is 2.16. The first-order valence-corrected chi connectivity index (χ1v) is 6.02. The maximum atomic E-state index is 13.6. The van der Waals surface area contributed by atoms with E-state index in [2.05, 4.69) is 10.2 Å². The fourth-order valence-electron chi connectivity index (χ4n) is 1.80. The molecule has 1 aromatic heterocycles. The molecule has 1 amide bonds. The zero-order valence-electron chi connectivity index (χ0n) is 11.1. The number of primary amides is 1. The van der Waals surface area contributed by atoms with Gasteiger partial charge in [0.1, 0.15) is 23.3 Å². The molecule has 8 heteroatoms. The van der Waals surface area contributed by atoms with Crippen LogP contribution >= 0.6 is 0 Å². The van der Waals surface area contributed by atoms with Gasteiger partial charge in [-0.25, -0.2) is 8.78 Å². The normalized spacial score (nSPS) is 10.6. The van der Waals surface area contributed by atoms with Gasteiger partial charge >= 0.3 is 0 Å². The third kappa shape index (κ3) is 3.10. The van der Waals surface area contributed by atoms with Crippen molar-refractivity contribution in [1.82, 2.24) is 14.8 Å². The monoisotopic (exact) mass is 294 g/mol. The molecular formula is C13H12F2N4O2. The quantitative estimate of drug-likeness (QED) is 0.802. The van der Waals surface area contributed by atoms with Crippen LogP contribution in [0.2, 0.25) is 0 Å². The molecule has 0 spiro atoms. The highest BCUT2D eigenvalue weighted by Gasteiger charge is 2.18. The summed E-state index contributed by atoms with van der Waals surface area (Å²) < 4.78 is 28.6. The topological polar surface area (TPSA) is 90.9 Å². The molecule has 2 aromatic rings. The minimum absolute atomic E-state index is 0.118. The number of halogens is 2.